The standard InChI is InChI=1S/C25H32N2O7S.C21H39NO7.C6H12O2.C2H7N.CH4O/c1-14-10-22(30)33-16(3)25(14)34-21(29)4-5-26-6-9-35-17-11-18-23-20(12-17)32-8-7-27(23)13-19(15(2)28)24(18)31;1-8-15-21(7,27)18(24)14(5)16(22-28)13(4)10-20(6,26)17(23)11(2)9-12(3)19(25)29-15;1-5-2-3-6(7)4-8-5;1-3-2;1-2/h11-14,16,22,25-26,28,30H,2,4-10H2,1,3H3;11-15,17-18,23-24,26-28H,8-10H2,1-7H3;5-7H,2-4H2,1H3;3H,1-2H3;2H,1H3/b;22-16+;;;/t14?,16?,22-,25-;11-,12?,13+,14-,15+,17+,18+,20?,21?;5-,6?;;/m101../s1. The third-order valence-corrected chi connectivity index (χ3v) is 15.2. The van der Waals surface area contributed by atoms with Gasteiger partial charge in [0.2, 0.25) is 0 Å². The van der Waals surface area contributed by atoms with Crippen molar-refractivity contribution in [3.05, 3.63) is 40.7 Å². The minimum atomic E-state index is -1.78. The molecule has 0 aliphatic carbocycles. The maximum atomic E-state index is 12.9. The molecule has 2 aromatic rings. The number of benzene rings is 1. The van der Waals surface area contributed by atoms with Crippen molar-refractivity contribution in [3.8, 4) is 5.75 Å². The van der Waals surface area contributed by atoms with Crippen LogP contribution in [-0.4, -0.2) is 182 Å². The fourth-order valence-corrected chi connectivity index (χ4v) is 10.9. The highest BCUT2D eigenvalue weighted by Gasteiger charge is 2.47. The Kier molecular flexibility index (Phi) is 29.6. The van der Waals surface area contributed by atoms with E-state index in [9.17, 15) is 50.2 Å². The van der Waals surface area contributed by atoms with E-state index in [0.29, 0.717) is 56.5 Å². The van der Waals surface area contributed by atoms with Crippen LogP contribution in [0.15, 0.2) is 39.8 Å². The number of carbonyl (C=O) groups is 2. The number of hydrogen-bond donors (Lipinski definition) is 11. The summed E-state index contributed by atoms with van der Waals surface area (Å²) in [5, 5.41) is 98.2. The average molecular weight is 1120 g/mol. The smallest absolute Gasteiger partial charge is 0.309 e. The molecule has 6 rings (SSSR count). The Labute approximate surface area is 459 Å². The molecule has 21 nitrogen and oxygen atoms in total. The van der Waals surface area contributed by atoms with Crippen LogP contribution in [0.5, 0.6) is 5.75 Å². The molecule has 5 heterocycles. The van der Waals surface area contributed by atoms with Gasteiger partial charge >= 0.3 is 11.9 Å². The molecule has 4 aliphatic rings. The number of pyridine rings is 1. The molecule has 1 aromatic carbocycles. The minimum absolute atomic E-state index is 0.0360. The van der Waals surface area contributed by atoms with Crippen molar-refractivity contribution in [1.29, 1.82) is 0 Å². The van der Waals surface area contributed by atoms with Crippen LogP contribution < -0.4 is 20.8 Å². The molecule has 15 atom stereocenters. The van der Waals surface area contributed by atoms with Crippen molar-refractivity contribution in [1.82, 2.24) is 15.2 Å². The predicted octanol–water partition coefficient (Wildman–Crippen LogP) is 4.36. The van der Waals surface area contributed by atoms with E-state index >= 15 is 0 Å². The maximum absolute atomic E-state index is 12.9. The van der Waals surface area contributed by atoms with Gasteiger partial charge in [-0.05, 0) is 91.9 Å². The van der Waals surface area contributed by atoms with E-state index in [-0.39, 0.29) is 78.3 Å². The second-order valence-electron chi connectivity index (χ2n) is 21.2. The number of aliphatic hydroxyl groups excluding tert-OH is 6. The van der Waals surface area contributed by atoms with Gasteiger partial charge in [0.05, 0.1) is 83.8 Å². The summed E-state index contributed by atoms with van der Waals surface area (Å²) in [6.45, 7) is 23.4. The van der Waals surface area contributed by atoms with E-state index < -0.39 is 65.4 Å². The van der Waals surface area contributed by atoms with E-state index in [2.05, 4.69) is 22.4 Å². The number of ether oxygens (including phenoxy) is 5. The molecule has 0 amide bonds. The number of carbonyl (C=O) groups excluding carboxylic acids is 2. The summed E-state index contributed by atoms with van der Waals surface area (Å²) in [7, 11) is 4.75. The number of hydrogen-bond acceptors (Lipinski definition) is 21. The van der Waals surface area contributed by atoms with Crippen LogP contribution in [0.25, 0.3) is 16.7 Å². The Morgan fingerprint density at radius 2 is 1.60 bits per heavy atom. The summed E-state index contributed by atoms with van der Waals surface area (Å²) in [6, 6.07) is 3.75. The molecule has 4 aliphatic heterocycles. The zero-order chi connectivity index (χ0) is 58.5. The van der Waals surface area contributed by atoms with Gasteiger partial charge in [-0.2, -0.15) is 0 Å². The third-order valence-electron chi connectivity index (χ3n) is 14.2. The minimum Gasteiger partial charge on any atom is -0.508 e. The highest BCUT2D eigenvalue weighted by molar-refractivity contribution is 7.99. The lowest BCUT2D eigenvalue weighted by Gasteiger charge is -2.41. The number of aromatic nitrogens is 1. The molecule has 1 aromatic heterocycles. The zero-order valence-corrected chi connectivity index (χ0v) is 48.5. The topological polar surface area (TPSA) is 321 Å². The van der Waals surface area contributed by atoms with E-state index in [0.717, 1.165) is 36.1 Å². The molecular formula is C55H94N4O17S. The largest absolute Gasteiger partial charge is 0.508 e. The number of oxime groups is 1. The van der Waals surface area contributed by atoms with Gasteiger partial charge in [-0.1, -0.05) is 53.3 Å². The van der Waals surface area contributed by atoms with Crippen LogP contribution in [0.2, 0.25) is 0 Å². The number of nitrogens with zero attached hydrogens (tertiary/aromatic N) is 2. The number of thioether (sulfide) groups is 1. The Bertz CT molecular complexity index is 2200. The van der Waals surface area contributed by atoms with Gasteiger partial charge in [0.1, 0.15) is 35.9 Å². The monoisotopic (exact) mass is 1110 g/mol. The van der Waals surface area contributed by atoms with Gasteiger partial charge in [0.25, 0.3) is 0 Å². The van der Waals surface area contributed by atoms with Crippen LogP contribution >= 0.6 is 11.8 Å². The quantitative estimate of drug-likeness (QED) is 0.0393. The van der Waals surface area contributed by atoms with Crippen molar-refractivity contribution >= 4 is 46.1 Å². The first-order chi connectivity index (χ1) is 36.1. The predicted molar refractivity (Wildman–Crippen MR) is 296 cm³/mol. The molecule has 77 heavy (non-hydrogen) atoms. The molecule has 11 N–H and O–H groups in total. The number of nitrogens with one attached hydrogen (secondary N) is 2. The summed E-state index contributed by atoms with van der Waals surface area (Å²) in [5.74, 6) is -1.91. The van der Waals surface area contributed by atoms with E-state index in [1.807, 2.05) is 44.6 Å². The molecule has 6 unspecified atom stereocenters. The molecule has 3 saturated heterocycles. The fourth-order valence-electron chi connectivity index (χ4n) is 10.1. The first-order valence-corrected chi connectivity index (χ1v) is 27.8. The van der Waals surface area contributed by atoms with Gasteiger partial charge in [-0.25, -0.2) is 0 Å². The van der Waals surface area contributed by atoms with Gasteiger partial charge in [-0.3, -0.25) is 14.4 Å². The molecule has 0 radical (unpaired) electrons. The second kappa shape index (κ2) is 33.0. The third kappa shape index (κ3) is 20.3. The molecular weight excluding hydrogens is 1020 g/mol. The maximum Gasteiger partial charge on any atom is 0.309 e. The Balaban J connectivity index is 0.000000433. The van der Waals surface area contributed by atoms with Crippen LogP contribution in [0, 0.1) is 29.6 Å². The first-order valence-electron chi connectivity index (χ1n) is 26.8. The number of esters is 2. The normalized spacial score (nSPS) is 33.1. The molecule has 0 spiro atoms. The van der Waals surface area contributed by atoms with Gasteiger partial charge in [0.15, 0.2) is 11.7 Å². The van der Waals surface area contributed by atoms with E-state index in [1.165, 1.54) is 13.8 Å². The molecule has 22 heteroatoms. The first kappa shape index (κ1) is 69.2. The van der Waals surface area contributed by atoms with Crippen LogP contribution in [0.4, 0.5) is 0 Å². The van der Waals surface area contributed by atoms with Gasteiger partial charge in [-0.15, -0.1) is 11.8 Å². The Morgan fingerprint density at radius 3 is 2.16 bits per heavy atom. The highest BCUT2D eigenvalue weighted by atomic mass is 32.2. The van der Waals surface area contributed by atoms with Gasteiger partial charge < -0.3 is 84.9 Å². The lowest BCUT2D eigenvalue weighted by atomic mass is 9.74. The van der Waals surface area contributed by atoms with Crippen LogP contribution in [0.1, 0.15) is 120 Å². The van der Waals surface area contributed by atoms with E-state index in [1.54, 1.807) is 59.5 Å². The highest BCUT2D eigenvalue weighted by Crippen LogP contribution is 2.36. The number of rotatable bonds is 10. The van der Waals surface area contributed by atoms with E-state index in [4.69, 9.17) is 33.9 Å². The second-order valence-corrected chi connectivity index (χ2v) is 22.4. The number of cyclic esters (lactones) is 1. The summed E-state index contributed by atoms with van der Waals surface area (Å²) in [4.78, 5) is 38.6. The average Bonchev–Trinajstić information content (AvgIpc) is 3.37. The Hall–Kier alpha value is -3.91. The lowest BCUT2D eigenvalue weighted by Crippen LogP contribution is -2.56. The lowest BCUT2D eigenvalue weighted by molar-refractivity contribution is -0.221. The fraction of sp³-hybridized carbons (Fsp3) is 0.745. The molecule has 3 fully saturated rings. The van der Waals surface area contributed by atoms with Crippen molar-refractivity contribution < 1.29 is 79.3 Å². The zero-order valence-electron chi connectivity index (χ0n) is 47.7. The Morgan fingerprint density at radius 1 is 0.948 bits per heavy atom. The summed E-state index contributed by atoms with van der Waals surface area (Å²) in [6.07, 6.45) is 0.0522. The molecule has 442 valence electrons. The van der Waals surface area contributed by atoms with Crippen molar-refractivity contribution in [2.45, 2.75) is 186 Å². The SMILES string of the molecule is C=C(O)c1cn2c3c(cc(SCCNCCC(=O)O[C@@H]4C(C)C[C@H](O)OC4C)cc3c1=O)OCC2.CC[C@H]1OC(=O)C(C)C[C@H](C)[C@@H](O)C(C)(O)C[C@@H](C)/C(=N\O)[C@H](C)[C@@H](O)C1(C)O.CNC.CO.C[C@@H]1CCC(O)CO1. The summed E-state index contributed by atoms with van der Waals surface area (Å²) in [5.41, 5.74) is -2.45. The van der Waals surface area contributed by atoms with Gasteiger partial charge in [0, 0.05) is 61.2 Å². The van der Waals surface area contributed by atoms with Crippen LogP contribution in [0.3, 0.4) is 0 Å². The molecule has 0 saturated carbocycles. The van der Waals surface area contributed by atoms with Crippen molar-refractivity contribution in [2.75, 3.05) is 53.3 Å². The molecule has 0 bridgehead atoms. The summed E-state index contributed by atoms with van der Waals surface area (Å²) >= 11 is 1.57. The van der Waals surface area contributed by atoms with Crippen molar-refractivity contribution in [2.24, 2.45) is 34.7 Å². The van der Waals surface area contributed by atoms with Crippen molar-refractivity contribution in [3.63, 3.8) is 0 Å². The number of aliphatic hydroxyl groups is 8. The summed E-state index contributed by atoms with van der Waals surface area (Å²) < 4.78 is 29.3. The van der Waals surface area contributed by atoms with Crippen LogP contribution in [-0.2, 0) is 35.1 Å².